The highest BCUT2D eigenvalue weighted by Gasteiger charge is 2.36. The number of ether oxygens (including phenoxy) is 1. The number of nitro groups is 1. The maximum atomic E-state index is 13.1. The van der Waals surface area contributed by atoms with Crippen LogP contribution in [-0.4, -0.2) is 19.5 Å². The van der Waals surface area contributed by atoms with Gasteiger partial charge in [-0.05, 0) is 12.1 Å². The van der Waals surface area contributed by atoms with E-state index in [0.29, 0.717) is 11.7 Å². The van der Waals surface area contributed by atoms with E-state index in [1.54, 1.807) is 0 Å². The Bertz CT molecular complexity index is 892. The van der Waals surface area contributed by atoms with E-state index < -0.39 is 28.1 Å². The first-order valence-electron chi connectivity index (χ1n) is 6.17. The van der Waals surface area contributed by atoms with Gasteiger partial charge in [0.25, 0.3) is 5.69 Å². The fraction of sp³-hybridized carbons (Fsp3) is 0.0769. The smallest absolute Gasteiger partial charge is 0.420 e. The van der Waals surface area contributed by atoms with Gasteiger partial charge >= 0.3 is 6.18 Å². The molecule has 10 heteroatoms. The van der Waals surface area contributed by atoms with Gasteiger partial charge in [-0.1, -0.05) is 0 Å². The summed E-state index contributed by atoms with van der Waals surface area (Å²) in [7, 11) is 0. The van der Waals surface area contributed by atoms with Crippen LogP contribution in [0, 0.1) is 10.1 Å². The Kier molecular flexibility index (Phi) is 3.36. The van der Waals surface area contributed by atoms with Gasteiger partial charge in [0.05, 0.1) is 4.92 Å². The van der Waals surface area contributed by atoms with E-state index in [1.165, 1.54) is 29.2 Å². The van der Waals surface area contributed by atoms with Gasteiger partial charge in [0.1, 0.15) is 23.4 Å². The molecule has 1 aromatic carbocycles. The van der Waals surface area contributed by atoms with Gasteiger partial charge < -0.3 is 4.74 Å². The van der Waals surface area contributed by atoms with Crippen LogP contribution in [0.25, 0.3) is 5.65 Å². The monoisotopic (exact) mass is 324 g/mol. The summed E-state index contributed by atoms with van der Waals surface area (Å²) >= 11 is 0. The van der Waals surface area contributed by atoms with Crippen LogP contribution in [0.2, 0.25) is 0 Å². The van der Waals surface area contributed by atoms with E-state index in [0.717, 1.165) is 12.1 Å². The van der Waals surface area contributed by atoms with Gasteiger partial charge in [0.15, 0.2) is 5.65 Å². The molecule has 0 amide bonds. The fourth-order valence-corrected chi connectivity index (χ4v) is 1.93. The molecule has 0 saturated carbocycles. The summed E-state index contributed by atoms with van der Waals surface area (Å²) in [6, 6.07) is 5.10. The number of hydrogen-bond acceptors (Lipinski definition) is 5. The molecule has 2 heterocycles. The lowest BCUT2D eigenvalue weighted by Crippen LogP contribution is -2.08. The van der Waals surface area contributed by atoms with Crippen molar-refractivity contribution in [3.8, 4) is 11.5 Å². The summed E-state index contributed by atoms with van der Waals surface area (Å²) in [5.74, 6) is -0.434. The van der Waals surface area contributed by atoms with Gasteiger partial charge in [-0.15, -0.1) is 0 Å². The number of alkyl halides is 3. The predicted molar refractivity (Wildman–Crippen MR) is 71.2 cm³/mol. The molecule has 118 valence electrons. The highest BCUT2D eigenvalue weighted by atomic mass is 19.4. The van der Waals surface area contributed by atoms with Crippen LogP contribution in [0.15, 0.2) is 42.9 Å². The maximum absolute atomic E-state index is 13.1. The Morgan fingerprint density at radius 1 is 1.22 bits per heavy atom. The molecule has 0 N–H and O–H groups in total. The Balaban J connectivity index is 2.02. The number of nitro benzene ring substituents is 1. The van der Waals surface area contributed by atoms with Crippen LogP contribution >= 0.6 is 0 Å². The predicted octanol–water partition coefficient (Wildman–Crippen LogP) is 3.45. The Hall–Kier alpha value is -3.17. The zero-order valence-electron chi connectivity index (χ0n) is 11.2. The summed E-state index contributed by atoms with van der Waals surface area (Å²) < 4.78 is 45.8. The van der Waals surface area contributed by atoms with E-state index in [4.69, 9.17) is 4.74 Å². The molecular formula is C13H7F3N4O3. The first kappa shape index (κ1) is 14.8. The molecule has 3 aromatic rings. The summed E-state index contributed by atoms with van der Waals surface area (Å²) in [5.41, 5.74) is -1.51. The van der Waals surface area contributed by atoms with Crippen LogP contribution < -0.4 is 4.74 Å². The number of non-ortho nitro benzene ring substituents is 1. The summed E-state index contributed by atoms with van der Waals surface area (Å²) in [4.78, 5) is 13.6. The minimum atomic E-state index is -4.79. The van der Waals surface area contributed by atoms with E-state index in [-0.39, 0.29) is 5.75 Å². The topological polar surface area (TPSA) is 82.6 Å². The highest BCUT2D eigenvalue weighted by molar-refractivity contribution is 5.49. The molecule has 0 fully saturated rings. The number of aromatic nitrogens is 3. The van der Waals surface area contributed by atoms with Crippen molar-refractivity contribution in [2.24, 2.45) is 0 Å². The second-order valence-electron chi connectivity index (χ2n) is 4.46. The van der Waals surface area contributed by atoms with Gasteiger partial charge in [-0.2, -0.15) is 18.3 Å². The van der Waals surface area contributed by atoms with E-state index in [1.807, 2.05) is 0 Å². The molecule has 0 aliphatic heterocycles. The standard InChI is InChI=1S/C13H7F3N4O3/c14-13(15,16)10-5-8(20(21)22)1-2-11(10)23-9-3-4-19-12(6-9)17-7-18-19/h1-7H. The van der Waals surface area contributed by atoms with Crippen molar-refractivity contribution in [2.75, 3.05) is 0 Å². The molecule has 2 aromatic heterocycles. The zero-order valence-corrected chi connectivity index (χ0v) is 11.2. The molecule has 7 nitrogen and oxygen atoms in total. The zero-order chi connectivity index (χ0) is 16.6. The van der Waals surface area contributed by atoms with Crippen LogP contribution in [0.3, 0.4) is 0 Å². The van der Waals surface area contributed by atoms with Crippen molar-refractivity contribution in [2.45, 2.75) is 6.18 Å². The van der Waals surface area contributed by atoms with Crippen molar-refractivity contribution in [3.05, 3.63) is 58.5 Å². The quantitative estimate of drug-likeness (QED) is 0.544. The second-order valence-corrected chi connectivity index (χ2v) is 4.46. The van der Waals surface area contributed by atoms with Crippen molar-refractivity contribution < 1.29 is 22.8 Å². The molecule has 0 spiro atoms. The third-order valence-corrected chi connectivity index (χ3v) is 2.96. The molecule has 0 atom stereocenters. The van der Waals surface area contributed by atoms with Crippen LogP contribution in [0.4, 0.5) is 18.9 Å². The second kappa shape index (κ2) is 5.23. The molecular weight excluding hydrogens is 317 g/mol. The molecule has 0 aliphatic rings. The maximum Gasteiger partial charge on any atom is 0.420 e. The Morgan fingerprint density at radius 3 is 2.70 bits per heavy atom. The third-order valence-electron chi connectivity index (χ3n) is 2.96. The molecule has 0 radical (unpaired) electrons. The van der Waals surface area contributed by atoms with Gasteiger partial charge in [0, 0.05) is 24.4 Å². The number of rotatable bonds is 3. The number of hydrogen-bond donors (Lipinski definition) is 0. The molecule has 3 rings (SSSR count). The van der Waals surface area contributed by atoms with Crippen LogP contribution in [0.5, 0.6) is 11.5 Å². The lowest BCUT2D eigenvalue weighted by molar-refractivity contribution is -0.385. The third kappa shape index (κ3) is 2.91. The fourth-order valence-electron chi connectivity index (χ4n) is 1.93. The van der Waals surface area contributed by atoms with E-state index in [9.17, 15) is 23.3 Å². The molecule has 0 bridgehead atoms. The molecule has 0 saturated heterocycles. The van der Waals surface area contributed by atoms with Crippen molar-refractivity contribution in [1.82, 2.24) is 14.6 Å². The SMILES string of the molecule is O=[N+]([O-])c1ccc(Oc2ccn3ncnc3c2)c(C(F)(F)F)c1. The van der Waals surface area contributed by atoms with Crippen LogP contribution in [0.1, 0.15) is 5.56 Å². The van der Waals surface area contributed by atoms with Crippen molar-refractivity contribution >= 4 is 11.3 Å². The molecule has 0 aliphatic carbocycles. The minimum Gasteiger partial charge on any atom is -0.457 e. The Morgan fingerprint density at radius 2 is 2.00 bits per heavy atom. The number of pyridine rings is 1. The first-order valence-corrected chi connectivity index (χ1v) is 6.17. The lowest BCUT2D eigenvalue weighted by Gasteiger charge is -2.13. The average molecular weight is 324 g/mol. The molecule has 0 unspecified atom stereocenters. The van der Waals surface area contributed by atoms with E-state index >= 15 is 0 Å². The summed E-state index contributed by atoms with van der Waals surface area (Å²) in [5, 5.41) is 14.5. The highest BCUT2D eigenvalue weighted by Crippen LogP contribution is 2.40. The summed E-state index contributed by atoms with van der Waals surface area (Å²) in [6.45, 7) is 0. The van der Waals surface area contributed by atoms with Crippen LogP contribution in [-0.2, 0) is 6.18 Å². The van der Waals surface area contributed by atoms with Crippen molar-refractivity contribution in [1.29, 1.82) is 0 Å². The van der Waals surface area contributed by atoms with Gasteiger partial charge in [-0.25, -0.2) is 9.50 Å². The number of fused-ring (bicyclic) bond motifs is 1. The first-order chi connectivity index (χ1) is 10.8. The van der Waals surface area contributed by atoms with Gasteiger partial charge in [-0.3, -0.25) is 10.1 Å². The summed E-state index contributed by atoms with van der Waals surface area (Å²) in [6.07, 6.45) is -2.04. The largest absolute Gasteiger partial charge is 0.457 e. The normalized spacial score (nSPS) is 11.6. The minimum absolute atomic E-state index is 0.102. The van der Waals surface area contributed by atoms with Gasteiger partial charge in [0.2, 0.25) is 0 Å². The Labute approximate surface area is 126 Å². The van der Waals surface area contributed by atoms with E-state index in [2.05, 4.69) is 10.1 Å². The molecule has 23 heavy (non-hydrogen) atoms. The average Bonchev–Trinajstić information content (AvgIpc) is 2.93. The van der Waals surface area contributed by atoms with Crippen molar-refractivity contribution in [3.63, 3.8) is 0 Å². The lowest BCUT2D eigenvalue weighted by atomic mass is 10.1. The number of benzene rings is 1. The number of halogens is 3. The number of nitrogens with zero attached hydrogens (tertiary/aromatic N) is 4.